The number of benzene rings is 1. The van der Waals surface area contributed by atoms with Crippen molar-refractivity contribution < 1.29 is 4.79 Å². The largest absolute Gasteiger partial charge is 0.354 e. The van der Waals surface area contributed by atoms with Crippen molar-refractivity contribution in [3.8, 4) is 0 Å². The highest BCUT2D eigenvalue weighted by atomic mass is 16.2. The molecule has 1 aliphatic carbocycles. The Labute approximate surface area is 121 Å². The molecule has 0 radical (unpaired) electrons. The van der Waals surface area contributed by atoms with Crippen molar-refractivity contribution in [3.05, 3.63) is 35.9 Å². The number of hydrogen-bond acceptors (Lipinski definition) is 2. The van der Waals surface area contributed by atoms with E-state index in [-0.39, 0.29) is 23.3 Å². The third-order valence-electron chi connectivity index (χ3n) is 3.77. The number of carbonyl (C=O) groups is 1. The molecule has 1 aliphatic rings. The Balaban J connectivity index is 1.75. The Kier molecular flexibility index (Phi) is 4.48. The molecule has 3 unspecified atom stereocenters. The van der Waals surface area contributed by atoms with Crippen LogP contribution in [-0.4, -0.2) is 18.5 Å². The van der Waals surface area contributed by atoms with Crippen molar-refractivity contribution in [2.45, 2.75) is 45.6 Å². The lowest BCUT2D eigenvalue weighted by Crippen LogP contribution is -2.40. The van der Waals surface area contributed by atoms with Crippen molar-refractivity contribution >= 4 is 5.91 Å². The molecule has 1 saturated carbocycles. The molecule has 2 rings (SSSR count). The Morgan fingerprint density at radius 2 is 2.00 bits per heavy atom. The summed E-state index contributed by atoms with van der Waals surface area (Å²) in [5, 5.41) is 3.00. The topological polar surface area (TPSA) is 55.1 Å². The van der Waals surface area contributed by atoms with Crippen LogP contribution in [0.3, 0.4) is 0 Å². The van der Waals surface area contributed by atoms with Gasteiger partial charge in [-0.2, -0.15) is 0 Å². The summed E-state index contributed by atoms with van der Waals surface area (Å²) < 4.78 is 0. The van der Waals surface area contributed by atoms with Gasteiger partial charge >= 0.3 is 0 Å². The second kappa shape index (κ2) is 5.96. The van der Waals surface area contributed by atoms with Gasteiger partial charge in [0.1, 0.15) is 0 Å². The lowest BCUT2D eigenvalue weighted by Gasteiger charge is -2.23. The quantitative estimate of drug-likeness (QED) is 0.867. The monoisotopic (exact) mass is 274 g/mol. The Hall–Kier alpha value is -1.35. The molecule has 1 aromatic rings. The van der Waals surface area contributed by atoms with Crippen molar-refractivity contribution in [2.24, 2.45) is 17.1 Å². The van der Waals surface area contributed by atoms with E-state index in [1.807, 2.05) is 18.2 Å². The fourth-order valence-electron chi connectivity index (χ4n) is 2.77. The van der Waals surface area contributed by atoms with Crippen molar-refractivity contribution in [2.75, 3.05) is 6.54 Å². The van der Waals surface area contributed by atoms with Gasteiger partial charge in [-0.05, 0) is 29.7 Å². The molecule has 3 N–H and O–H groups in total. The maximum atomic E-state index is 12.1. The molecule has 110 valence electrons. The van der Waals surface area contributed by atoms with E-state index < -0.39 is 0 Å². The molecule has 0 aromatic heterocycles. The van der Waals surface area contributed by atoms with E-state index in [0.717, 1.165) is 12.8 Å². The molecule has 0 heterocycles. The van der Waals surface area contributed by atoms with Gasteiger partial charge < -0.3 is 11.1 Å². The minimum atomic E-state index is 0.0351. The van der Waals surface area contributed by atoms with Crippen LogP contribution in [0, 0.1) is 11.3 Å². The average Bonchev–Trinajstić information content (AvgIpc) is 3.15. The van der Waals surface area contributed by atoms with Gasteiger partial charge in [-0.1, -0.05) is 51.1 Å². The first-order chi connectivity index (χ1) is 9.37. The van der Waals surface area contributed by atoms with Gasteiger partial charge in [0.15, 0.2) is 0 Å². The van der Waals surface area contributed by atoms with E-state index >= 15 is 0 Å². The van der Waals surface area contributed by atoms with Gasteiger partial charge in [0.25, 0.3) is 0 Å². The van der Waals surface area contributed by atoms with Gasteiger partial charge in [-0.25, -0.2) is 0 Å². The zero-order chi connectivity index (χ0) is 14.8. The van der Waals surface area contributed by atoms with E-state index in [4.69, 9.17) is 5.73 Å². The van der Waals surface area contributed by atoms with Crippen LogP contribution in [0.4, 0.5) is 0 Å². The SMILES string of the molecule is CC(C)(C)CC(N)CNC(=O)C1CC1c1ccccc1. The third-order valence-corrected chi connectivity index (χ3v) is 3.77. The number of carbonyl (C=O) groups excluding carboxylic acids is 1. The number of hydrogen-bond donors (Lipinski definition) is 2. The summed E-state index contributed by atoms with van der Waals surface area (Å²) in [7, 11) is 0. The van der Waals surface area contributed by atoms with Gasteiger partial charge in [-0.3, -0.25) is 4.79 Å². The van der Waals surface area contributed by atoms with Gasteiger partial charge in [0.05, 0.1) is 0 Å². The average molecular weight is 274 g/mol. The second-order valence-electron chi connectivity index (χ2n) is 7.13. The Morgan fingerprint density at radius 1 is 1.35 bits per heavy atom. The standard InChI is InChI=1S/C17H26N2O/c1-17(2,3)10-13(18)11-19-16(20)15-9-14(15)12-7-5-4-6-8-12/h4-8,13-15H,9-11,18H2,1-3H3,(H,19,20). The molecule has 20 heavy (non-hydrogen) atoms. The smallest absolute Gasteiger partial charge is 0.223 e. The summed E-state index contributed by atoms with van der Waals surface area (Å²) in [4.78, 5) is 12.1. The van der Waals surface area contributed by atoms with Crippen LogP contribution in [0.2, 0.25) is 0 Å². The minimum Gasteiger partial charge on any atom is -0.354 e. The van der Waals surface area contributed by atoms with Crippen molar-refractivity contribution in [1.29, 1.82) is 0 Å². The normalized spacial score (nSPS) is 23.2. The van der Waals surface area contributed by atoms with Crippen LogP contribution in [0.1, 0.15) is 45.1 Å². The van der Waals surface area contributed by atoms with Crippen LogP contribution < -0.4 is 11.1 Å². The van der Waals surface area contributed by atoms with E-state index in [0.29, 0.717) is 12.5 Å². The number of rotatable bonds is 5. The molecule has 0 aliphatic heterocycles. The van der Waals surface area contributed by atoms with Crippen molar-refractivity contribution in [1.82, 2.24) is 5.32 Å². The predicted molar refractivity (Wildman–Crippen MR) is 82.3 cm³/mol. The number of nitrogens with two attached hydrogens (primary N) is 1. The van der Waals surface area contributed by atoms with Gasteiger partial charge in [0.2, 0.25) is 5.91 Å². The predicted octanol–water partition coefficient (Wildman–Crippen LogP) is 2.67. The molecular formula is C17H26N2O. The fraction of sp³-hybridized carbons (Fsp3) is 0.588. The summed E-state index contributed by atoms with van der Waals surface area (Å²) in [6.07, 6.45) is 1.88. The molecule has 1 amide bonds. The zero-order valence-electron chi connectivity index (χ0n) is 12.7. The molecule has 1 fully saturated rings. The summed E-state index contributed by atoms with van der Waals surface area (Å²) in [5.74, 6) is 0.692. The molecule has 0 bridgehead atoms. The lowest BCUT2D eigenvalue weighted by molar-refractivity contribution is -0.122. The molecular weight excluding hydrogens is 248 g/mol. The van der Waals surface area contributed by atoms with Gasteiger partial charge in [0, 0.05) is 18.5 Å². The highest BCUT2D eigenvalue weighted by molar-refractivity contribution is 5.82. The highest BCUT2D eigenvalue weighted by Crippen LogP contribution is 2.47. The molecule has 3 atom stereocenters. The minimum absolute atomic E-state index is 0.0351. The summed E-state index contributed by atoms with van der Waals surface area (Å²) in [6, 6.07) is 10.3. The van der Waals surface area contributed by atoms with Crippen molar-refractivity contribution in [3.63, 3.8) is 0 Å². The second-order valence-corrected chi connectivity index (χ2v) is 7.13. The number of nitrogens with one attached hydrogen (secondary N) is 1. The maximum absolute atomic E-state index is 12.1. The van der Waals surface area contributed by atoms with Crippen LogP contribution in [0.5, 0.6) is 0 Å². The van der Waals surface area contributed by atoms with Crippen LogP contribution >= 0.6 is 0 Å². The molecule has 3 heteroatoms. The van der Waals surface area contributed by atoms with E-state index in [9.17, 15) is 4.79 Å². The summed E-state index contributed by atoms with van der Waals surface area (Å²) in [6.45, 7) is 7.08. The van der Waals surface area contributed by atoms with E-state index in [2.05, 4.69) is 38.2 Å². The first kappa shape index (κ1) is 15.0. The maximum Gasteiger partial charge on any atom is 0.223 e. The van der Waals surface area contributed by atoms with Crippen LogP contribution in [0.25, 0.3) is 0 Å². The van der Waals surface area contributed by atoms with Gasteiger partial charge in [-0.15, -0.1) is 0 Å². The lowest BCUT2D eigenvalue weighted by atomic mass is 9.88. The summed E-state index contributed by atoms with van der Waals surface area (Å²) >= 11 is 0. The Bertz CT molecular complexity index is 450. The molecule has 0 spiro atoms. The number of amides is 1. The third kappa shape index (κ3) is 4.34. The van der Waals surface area contributed by atoms with Crippen LogP contribution in [0.15, 0.2) is 30.3 Å². The molecule has 1 aromatic carbocycles. The summed E-state index contributed by atoms with van der Waals surface area (Å²) in [5.41, 5.74) is 7.53. The first-order valence-electron chi connectivity index (χ1n) is 7.45. The molecule has 0 saturated heterocycles. The van der Waals surface area contributed by atoms with Crippen LogP contribution in [-0.2, 0) is 4.79 Å². The highest BCUT2D eigenvalue weighted by Gasteiger charge is 2.43. The Morgan fingerprint density at radius 3 is 2.60 bits per heavy atom. The van der Waals surface area contributed by atoms with E-state index in [1.165, 1.54) is 5.56 Å². The first-order valence-corrected chi connectivity index (χ1v) is 7.45. The zero-order valence-corrected chi connectivity index (χ0v) is 12.7. The fourth-order valence-corrected chi connectivity index (χ4v) is 2.77. The van der Waals surface area contributed by atoms with E-state index in [1.54, 1.807) is 0 Å². The molecule has 3 nitrogen and oxygen atoms in total.